The zero-order valence-corrected chi connectivity index (χ0v) is 10.9. The number of rotatable bonds is 6. The lowest BCUT2D eigenvalue weighted by molar-refractivity contribution is 0.0789. The third-order valence-electron chi connectivity index (χ3n) is 4.57. The van der Waals surface area contributed by atoms with Gasteiger partial charge in [0.2, 0.25) is 0 Å². The third-order valence-corrected chi connectivity index (χ3v) is 4.57. The maximum Gasteiger partial charge on any atom is 0.0760 e. The predicted octanol–water partition coefficient (Wildman–Crippen LogP) is 3.24. The van der Waals surface area contributed by atoms with Crippen LogP contribution in [0.25, 0.3) is 0 Å². The molecule has 0 radical (unpaired) electrons. The van der Waals surface area contributed by atoms with E-state index in [1.54, 1.807) is 0 Å². The minimum absolute atomic E-state index is 0.0112. The van der Waals surface area contributed by atoms with E-state index in [0.717, 1.165) is 12.3 Å². The van der Waals surface area contributed by atoms with Gasteiger partial charge in [0.1, 0.15) is 0 Å². The molecule has 0 aromatic heterocycles. The summed E-state index contributed by atoms with van der Waals surface area (Å²) < 4.78 is 5.91. The van der Waals surface area contributed by atoms with Crippen LogP contribution in [0.3, 0.4) is 0 Å². The molecular weight excluding hydrogens is 198 g/mol. The van der Waals surface area contributed by atoms with E-state index < -0.39 is 0 Å². The highest BCUT2D eigenvalue weighted by atomic mass is 16.5. The van der Waals surface area contributed by atoms with E-state index in [4.69, 9.17) is 10.5 Å². The van der Waals surface area contributed by atoms with Crippen molar-refractivity contribution in [3.63, 3.8) is 0 Å². The summed E-state index contributed by atoms with van der Waals surface area (Å²) in [4.78, 5) is 0. The van der Waals surface area contributed by atoms with Crippen LogP contribution in [-0.4, -0.2) is 17.7 Å². The predicted molar refractivity (Wildman–Crippen MR) is 67.4 cm³/mol. The molecule has 2 heteroatoms. The van der Waals surface area contributed by atoms with Gasteiger partial charge in [-0.1, -0.05) is 39.5 Å². The number of fused-ring (bicyclic) bond motifs is 2. The molecule has 2 bridgehead atoms. The first-order chi connectivity index (χ1) is 7.68. The molecule has 2 N–H and O–H groups in total. The van der Waals surface area contributed by atoms with Gasteiger partial charge < -0.3 is 10.5 Å². The molecule has 2 heterocycles. The molecule has 2 fully saturated rings. The molecule has 2 saturated heterocycles. The van der Waals surface area contributed by atoms with Crippen molar-refractivity contribution >= 4 is 0 Å². The average Bonchev–Trinajstić information content (AvgIpc) is 2.83. The average molecular weight is 225 g/mol. The molecule has 0 aromatic carbocycles. The van der Waals surface area contributed by atoms with Crippen LogP contribution in [0.1, 0.15) is 65.2 Å². The normalized spacial score (nSPS) is 39.2. The Kier molecular flexibility index (Phi) is 3.91. The molecular formula is C14H27NO. The summed E-state index contributed by atoms with van der Waals surface area (Å²) >= 11 is 0. The van der Waals surface area contributed by atoms with E-state index in [1.165, 1.54) is 44.9 Å². The molecule has 2 aliphatic heterocycles. The molecule has 2 rings (SSSR count). The van der Waals surface area contributed by atoms with E-state index in [-0.39, 0.29) is 5.54 Å². The van der Waals surface area contributed by atoms with Crippen LogP contribution in [-0.2, 0) is 4.74 Å². The monoisotopic (exact) mass is 225 g/mol. The minimum atomic E-state index is 0.0112. The molecule has 94 valence electrons. The summed E-state index contributed by atoms with van der Waals surface area (Å²) in [5, 5.41) is 0. The first-order valence-electron chi connectivity index (χ1n) is 7.12. The van der Waals surface area contributed by atoms with Crippen LogP contribution in [0.5, 0.6) is 0 Å². The van der Waals surface area contributed by atoms with Crippen molar-refractivity contribution in [2.75, 3.05) is 0 Å². The highest BCUT2D eigenvalue weighted by Gasteiger charge is 2.50. The zero-order valence-electron chi connectivity index (χ0n) is 10.9. The van der Waals surface area contributed by atoms with Gasteiger partial charge in [-0.05, 0) is 31.6 Å². The smallest absolute Gasteiger partial charge is 0.0760 e. The molecule has 2 aliphatic rings. The summed E-state index contributed by atoms with van der Waals surface area (Å²) in [7, 11) is 0. The van der Waals surface area contributed by atoms with E-state index in [2.05, 4.69) is 13.8 Å². The van der Waals surface area contributed by atoms with E-state index in [1.807, 2.05) is 0 Å². The number of hydrogen-bond acceptors (Lipinski definition) is 2. The fourth-order valence-corrected chi connectivity index (χ4v) is 3.53. The molecule has 4 atom stereocenters. The Hall–Kier alpha value is -0.0800. The SMILES string of the molecule is CCCCC(CC)CC1(N)CC2CCC1O2. The summed E-state index contributed by atoms with van der Waals surface area (Å²) in [5.74, 6) is 0.813. The molecule has 16 heavy (non-hydrogen) atoms. The van der Waals surface area contributed by atoms with Gasteiger partial charge in [0.25, 0.3) is 0 Å². The summed E-state index contributed by atoms with van der Waals surface area (Å²) in [6, 6.07) is 0. The molecule has 0 aromatic rings. The summed E-state index contributed by atoms with van der Waals surface area (Å²) in [5.41, 5.74) is 6.58. The maximum absolute atomic E-state index is 6.57. The Labute approximate surface area is 99.9 Å². The quantitative estimate of drug-likeness (QED) is 0.753. The van der Waals surface area contributed by atoms with Crippen molar-refractivity contribution in [3.05, 3.63) is 0 Å². The van der Waals surface area contributed by atoms with Gasteiger partial charge in [-0.25, -0.2) is 0 Å². The fraction of sp³-hybridized carbons (Fsp3) is 1.00. The zero-order chi connectivity index (χ0) is 11.6. The molecule has 2 nitrogen and oxygen atoms in total. The first kappa shape index (κ1) is 12.4. The van der Waals surface area contributed by atoms with E-state index in [0.29, 0.717) is 12.2 Å². The lowest BCUT2D eigenvalue weighted by Gasteiger charge is -2.34. The van der Waals surface area contributed by atoms with Crippen LogP contribution in [0, 0.1) is 5.92 Å². The number of nitrogens with two attached hydrogens (primary N) is 1. The number of ether oxygens (including phenoxy) is 1. The van der Waals surface area contributed by atoms with E-state index in [9.17, 15) is 0 Å². The molecule has 4 unspecified atom stereocenters. The molecule has 0 saturated carbocycles. The Balaban J connectivity index is 1.87. The summed E-state index contributed by atoms with van der Waals surface area (Å²) in [6.07, 6.45) is 10.9. The van der Waals surface area contributed by atoms with Gasteiger partial charge in [0, 0.05) is 5.54 Å². The van der Waals surface area contributed by atoms with E-state index >= 15 is 0 Å². The second-order valence-corrected chi connectivity index (χ2v) is 5.88. The number of hydrogen-bond donors (Lipinski definition) is 1. The Bertz CT molecular complexity index is 231. The van der Waals surface area contributed by atoms with Crippen molar-refractivity contribution in [1.29, 1.82) is 0 Å². The lowest BCUT2D eigenvalue weighted by Crippen LogP contribution is -2.49. The number of unbranched alkanes of at least 4 members (excludes halogenated alkanes) is 1. The van der Waals surface area contributed by atoms with Crippen molar-refractivity contribution in [3.8, 4) is 0 Å². The van der Waals surface area contributed by atoms with Gasteiger partial charge in [-0.2, -0.15) is 0 Å². The van der Waals surface area contributed by atoms with Gasteiger partial charge in [-0.15, -0.1) is 0 Å². The van der Waals surface area contributed by atoms with Crippen LogP contribution in [0.4, 0.5) is 0 Å². The van der Waals surface area contributed by atoms with Crippen molar-refractivity contribution in [2.45, 2.75) is 83.0 Å². The second-order valence-electron chi connectivity index (χ2n) is 5.88. The highest BCUT2D eigenvalue weighted by Crippen LogP contribution is 2.44. The van der Waals surface area contributed by atoms with Gasteiger partial charge >= 0.3 is 0 Å². The standard InChI is InChI=1S/C14H27NO/c1-3-5-6-11(4-2)9-14(15)10-12-7-8-13(14)16-12/h11-13H,3-10,15H2,1-2H3. The Morgan fingerprint density at radius 3 is 2.69 bits per heavy atom. The summed E-state index contributed by atoms with van der Waals surface area (Å²) in [6.45, 7) is 4.57. The van der Waals surface area contributed by atoms with Crippen LogP contribution in [0.2, 0.25) is 0 Å². The van der Waals surface area contributed by atoms with Crippen LogP contribution < -0.4 is 5.73 Å². The largest absolute Gasteiger partial charge is 0.373 e. The van der Waals surface area contributed by atoms with Crippen LogP contribution >= 0.6 is 0 Å². The van der Waals surface area contributed by atoms with Crippen molar-refractivity contribution in [2.24, 2.45) is 11.7 Å². The molecule has 0 spiro atoms. The van der Waals surface area contributed by atoms with Crippen molar-refractivity contribution in [1.82, 2.24) is 0 Å². The third kappa shape index (κ3) is 2.43. The highest BCUT2D eigenvalue weighted by molar-refractivity contribution is 5.05. The minimum Gasteiger partial charge on any atom is -0.373 e. The fourth-order valence-electron chi connectivity index (χ4n) is 3.53. The Morgan fingerprint density at radius 2 is 2.19 bits per heavy atom. The van der Waals surface area contributed by atoms with Crippen LogP contribution in [0.15, 0.2) is 0 Å². The van der Waals surface area contributed by atoms with Crippen molar-refractivity contribution < 1.29 is 4.74 Å². The van der Waals surface area contributed by atoms with Gasteiger partial charge in [-0.3, -0.25) is 0 Å². The topological polar surface area (TPSA) is 35.2 Å². The first-order valence-corrected chi connectivity index (χ1v) is 7.12. The second kappa shape index (κ2) is 5.05. The van der Waals surface area contributed by atoms with Gasteiger partial charge in [0.15, 0.2) is 0 Å². The Morgan fingerprint density at radius 1 is 1.38 bits per heavy atom. The van der Waals surface area contributed by atoms with Gasteiger partial charge in [0.05, 0.1) is 12.2 Å². The molecule has 0 amide bonds. The molecule has 0 aliphatic carbocycles. The lowest BCUT2D eigenvalue weighted by atomic mass is 9.75. The maximum atomic E-state index is 6.57.